The van der Waals surface area contributed by atoms with Gasteiger partial charge in [-0.3, -0.25) is 4.57 Å². The number of rotatable bonds is 5. The molecule has 1 saturated heterocycles. The van der Waals surface area contributed by atoms with Crippen LogP contribution in [0.3, 0.4) is 0 Å². The Kier molecular flexibility index (Phi) is 5.00. The van der Waals surface area contributed by atoms with Crippen molar-refractivity contribution in [2.75, 3.05) is 6.61 Å². The molecule has 4 atom stereocenters. The third kappa shape index (κ3) is 3.04. The number of nitrogens with zero attached hydrogens (tertiary/aromatic N) is 3. The Bertz CT molecular complexity index is 898. The minimum atomic E-state index is -1.15. The SMILES string of the molecule is Cc1nsc2c1nc(SCc1ccccc1)n2[C@@H]1O[C@H](CO)[C@@H](O)[C@H]1O. The van der Waals surface area contributed by atoms with Crippen molar-refractivity contribution < 1.29 is 20.1 Å². The number of hydrogen-bond acceptors (Lipinski definition) is 8. The first-order valence-electron chi connectivity index (χ1n) is 8.23. The van der Waals surface area contributed by atoms with E-state index in [0.29, 0.717) is 10.9 Å². The fourth-order valence-electron chi connectivity index (χ4n) is 3.02. The molecule has 0 radical (unpaired) electrons. The van der Waals surface area contributed by atoms with Gasteiger partial charge in [-0.05, 0) is 24.0 Å². The Labute approximate surface area is 158 Å². The standard InChI is InChI=1S/C17H19N3O4S2/c1-9-12-16(26-19-9)20(15-14(23)13(22)11(7-21)24-15)17(18-12)25-8-10-5-3-2-4-6-10/h2-6,11,13-15,21-23H,7-8H2,1H3/t11-,13-,14-,15-/m1/s1. The normalized spacial score (nSPS) is 26.0. The Morgan fingerprint density at radius 1 is 1.23 bits per heavy atom. The van der Waals surface area contributed by atoms with E-state index in [-0.39, 0.29) is 6.61 Å². The summed E-state index contributed by atoms with van der Waals surface area (Å²) in [5.41, 5.74) is 2.74. The van der Waals surface area contributed by atoms with Crippen LogP contribution in [0.25, 0.3) is 10.3 Å². The number of aliphatic hydroxyl groups excluding tert-OH is 3. The van der Waals surface area contributed by atoms with Crippen molar-refractivity contribution in [1.82, 2.24) is 13.9 Å². The van der Waals surface area contributed by atoms with Crippen molar-refractivity contribution in [1.29, 1.82) is 0 Å². The van der Waals surface area contributed by atoms with Crippen LogP contribution in [0.4, 0.5) is 0 Å². The summed E-state index contributed by atoms with van der Waals surface area (Å²) in [7, 11) is 0. The molecule has 0 aliphatic carbocycles. The fraction of sp³-hybridized carbons (Fsp3) is 0.412. The van der Waals surface area contributed by atoms with Gasteiger partial charge in [-0.1, -0.05) is 42.1 Å². The summed E-state index contributed by atoms with van der Waals surface area (Å²) in [5.74, 6) is 0.715. The van der Waals surface area contributed by atoms with E-state index < -0.39 is 24.5 Å². The second-order valence-electron chi connectivity index (χ2n) is 6.19. The van der Waals surface area contributed by atoms with E-state index in [1.807, 2.05) is 37.3 Å². The van der Waals surface area contributed by atoms with Crippen LogP contribution in [0.5, 0.6) is 0 Å². The molecule has 1 aromatic carbocycles. The van der Waals surface area contributed by atoms with Gasteiger partial charge >= 0.3 is 0 Å². The van der Waals surface area contributed by atoms with Gasteiger partial charge in [0.05, 0.1) is 12.3 Å². The van der Waals surface area contributed by atoms with Gasteiger partial charge in [-0.25, -0.2) is 4.98 Å². The van der Waals surface area contributed by atoms with Crippen LogP contribution in [0.15, 0.2) is 35.5 Å². The lowest BCUT2D eigenvalue weighted by atomic mass is 10.1. The summed E-state index contributed by atoms with van der Waals surface area (Å²) < 4.78 is 11.8. The molecule has 3 N–H and O–H groups in total. The molecular weight excluding hydrogens is 374 g/mol. The molecule has 0 spiro atoms. The third-order valence-corrected chi connectivity index (χ3v) is 6.38. The Hall–Kier alpha value is -1.49. The maximum atomic E-state index is 10.4. The first kappa shape index (κ1) is 17.9. The van der Waals surface area contributed by atoms with E-state index in [9.17, 15) is 15.3 Å². The average Bonchev–Trinajstić information content (AvgIpc) is 3.29. The lowest BCUT2D eigenvalue weighted by molar-refractivity contribution is -0.0543. The van der Waals surface area contributed by atoms with E-state index in [1.165, 1.54) is 23.3 Å². The first-order valence-corrected chi connectivity index (χ1v) is 9.99. The van der Waals surface area contributed by atoms with Gasteiger partial charge < -0.3 is 20.1 Å². The van der Waals surface area contributed by atoms with E-state index in [2.05, 4.69) is 9.36 Å². The summed E-state index contributed by atoms with van der Waals surface area (Å²) in [6.07, 6.45) is -3.94. The highest BCUT2D eigenvalue weighted by atomic mass is 32.2. The number of ether oxygens (including phenoxy) is 1. The molecule has 0 unspecified atom stereocenters. The molecule has 3 heterocycles. The van der Waals surface area contributed by atoms with Crippen molar-refractivity contribution in [3.05, 3.63) is 41.6 Å². The molecule has 4 rings (SSSR count). The van der Waals surface area contributed by atoms with Crippen molar-refractivity contribution in [3.8, 4) is 0 Å². The number of aliphatic hydroxyl groups is 3. The number of aromatic nitrogens is 3. The van der Waals surface area contributed by atoms with Crippen LogP contribution in [-0.2, 0) is 10.5 Å². The highest BCUT2D eigenvalue weighted by molar-refractivity contribution is 7.98. The number of hydrogen-bond donors (Lipinski definition) is 3. The smallest absolute Gasteiger partial charge is 0.172 e. The molecule has 9 heteroatoms. The number of aryl methyl sites for hydroxylation is 1. The lowest BCUT2D eigenvalue weighted by Gasteiger charge is -2.18. The fourth-order valence-corrected chi connectivity index (χ4v) is 4.92. The van der Waals surface area contributed by atoms with Gasteiger partial charge in [0.2, 0.25) is 0 Å². The number of fused-ring (bicyclic) bond motifs is 1. The van der Waals surface area contributed by atoms with Crippen LogP contribution >= 0.6 is 23.3 Å². The average molecular weight is 393 g/mol. The molecule has 0 saturated carbocycles. The van der Waals surface area contributed by atoms with Crippen LogP contribution in [-0.4, -0.2) is 54.2 Å². The second kappa shape index (κ2) is 7.26. The number of thioether (sulfide) groups is 1. The number of benzene rings is 1. The van der Waals surface area contributed by atoms with E-state index in [0.717, 1.165) is 21.6 Å². The monoisotopic (exact) mass is 393 g/mol. The van der Waals surface area contributed by atoms with Gasteiger partial charge in [0.1, 0.15) is 28.7 Å². The highest BCUT2D eigenvalue weighted by Gasteiger charge is 2.45. The van der Waals surface area contributed by atoms with Gasteiger partial charge in [0, 0.05) is 5.75 Å². The summed E-state index contributed by atoms with van der Waals surface area (Å²) >= 11 is 2.82. The van der Waals surface area contributed by atoms with E-state index in [1.54, 1.807) is 4.57 Å². The van der Waals surface area contributed by atoms with Gasteiger partial charge in [-0.2, -0.15) is 4.37 Å². The predicted octanol–water partition coefficient (Wildman–Crippen LogP) is 1.71. The molecule has 3 aromatic rings. The molecule has 0 amide bonds. The molecule has 138 valence electrons. The molecule has 1 aliphatic rings. The minimum Gasteiger partial charge on any atom is -0.394 e. The van der Waals surface area contributed by atoms with Crippen molar-refractivity contribution in [2.45, 2.75) is 42.4 Å². The van der Waals surface area contributed by atoms with Crippen LogP contribution in [0, 0.1) is 6.92 Å². The lowest BCUT2D eigenvalue weighted by Crippen LogP contribution is -2.33. The molecule has 1 aliphatic heterocycles. The maximum absolute atomic E-state index is 10.4. The van der Waals surface area contributed by atoms with Crippen LogP contribution in [0.2, 0.25) is 0 Å². The Balaban J connectivity index is 1.70. The van der Waals surface area contributed by atoms with Crippen molar-refractivity contribution in [2.24, 2.45) is 0 Å². The predicted molar refractivity (Wildman–Crippen MR) is 99.2 cm³/mol. The molecule has 0 bridgehead atoms. The number of imidazole rings is 1. The summed E-state index contributed by atoms with van der Waals surface area (Å²) in [6.45, 7) is 1.53. The maximum Gasteiger partial charge on any atom is 0.172 e. The van der Waals surface area contributed by atoms with Crippen LogP contribution < -0.4 is 0 Å². The summed E-state index contributed by atoms with van der Waals surface area (Å²) in [6, 6.07) is 10.0. The zero-order valence-corrected chi connectivity index (χ0v) is 15.7. The molecule has 2 aromatic heterocycles. The zero-order chi connectivity index (χ0) is 18.3. The molecular formula is C17H19N3O4S2. The first-order chi connectivity index (χ1) is 12.6. The largest absolute Gasteiger partial charge is 0.394 e. The van der Waals surface area contributed by atoms with E-state index >= 15 is 0 Å². The second-order valence-corrected chi connectivity index (χ2v) is 7.88. The summed E-state index contributed by atoms with van der Waals surface area (Å²) in [5, 5.41) is 30.6. The third-order valence-electron chi connectivity index (χ3n) is 4.43. The molecule has 26 heavy (non-hydrogen) atoms. The van der Waals surface area contributed by atoms with Crippen LogP contribution in [0.1, 0.15) is 17.5 Å². The van der Waals surface area contributed by atoms with Gasteiger partial charge in [-0.15, -0.1) is 0 Å². The Morgan fingerprint density at radius 2 is 2.00 bits per heavy atom. The highest BCUT2D eigenvalue weighted by Crippen LogP contribution is 2.38. The molecule has 1 fully saturated rings. The minimum absolute atomic E-state index is 0.360. The summed E-state index contributed by atoms with van der Waals surface area (Å²) in [4.78, 5) is 5.47. The zero-order valence-electron chi connectivity index (χ0n) is 14.0. The van der Waals surface area contributed by atoms with Gasteiger partial charge in [0.15, 0.2) is 11.4 Å². The van der Waals surface area contributed by atoms with E-state index in [4.69, 9.17) is 4.74 Å². The topological polar surface area (TPSA) is 101 Å². The van der Waals surface area contributed by atoms with Gasteiger partial charge in [0.25, 0.3) is 0 Å². The quantitative estimate of drug-likeness (QED) is 0.567. The molecule has 7 nitrogen and oxygen atoms in total. The Morgan fingerprint density at radius 3 is 2.69 bits per heavy atom. The van der Waals surface area contributed by atoms with Crippen molar-refractivity contribution in [3.63, 3.8) is 0 Å². The van der Waals surface area contributed by atoms with Crippen molar-refractivity contribution >= 4 is 33.6 Å².